The molecule has 32 heavy (non-hydrogen) atoms. The first-order valence-corrected chi connectivity index (χ1v) is 14.0. The first-order valence-electron chi connectivity index (χ1n) is 14.0. The molecule has 0 saturated heterocycles. The van der Waals surface area contributed by atoms with Crippen molar-refractivity contribution in [3.63, 3.8) is 0 Å². The van der Waals surface area contributed by atoms with Crippen LogP contribution in [0.4, 0.5) is 0 Å². The van der Waals surface area contributed by atoms with Crippen molar-refractivity contribution >= 4 is 5.97 Å². The van der Waals surface area contributed by atoms with E-state index in [2.05, 4.69) is 26.0 Å². The molecule has 2 heteroatoms. The van der Waals surface area contributed by atoms with Crippen molar-refractivity contribution in [2.75, 3.05) is 0 Å². The van der Waals surface area contributed by atoms with Crippen LogP contribution in [0.2, 0.25) is 0 Å². The second-order valence-electron chi connectivity index (χ2n) is 10.8. The lowest BCUT2D eigenvalue weighted by Crippen LogP contribution is -2.25. The lowest BCUT2D eigenvalue weighted by Gasteiger charge is -2.29. The van der Waals surface area contributed by atoms with Gasteiger partial charge in [-0.3, -0.25) is 4.79 Å². The van der Waals surface area contributed by atoms with E-state index in [4.69, 9.17) is 4.74 Å². The van der Waals surface area contributed by atoms with Crippen molar-refractivity contribution in [2.24, 2.45) is 17.8 Å². The molecule has 180 valence electrons. The fraction of sp³-hybridized carbons (Fsp3) is 0.767. The van der Waals surface area contributed by atoms with Crippen molar-refractivity contribution in [2.45, 2.75) is 129 Å². The largest absolute Gasteiger partial charge is 0.426 e. The quantitative estimate of drug-likeness (QED) is 0.184. The number of benzene rings is 1. The normalized spacial score (nSPS) is 26.1. The predicted molar refractivity (Wildman–Crippen MR) is 135 cm³/mol. The van der Waals surface area contributed by atoms with Gasteiger partial charge in [0.2, 0.25) is 0 Å². The summed E-state index contributed by atoms with van der Waals surface area (Å²) in [6.45, 7) is 4.55. The van der Waals surface area contributed by atoms with E-state index in [1.165, 1.54) is 102 Å². The Morgan fingerprint density at radius 3 is 1.91 bits per heavy atom. The van der Waals surface area contributed by atoms with Crippen molar-refractivity contribution in [1.29, 1.82) is 0 Å². The molecule has 0 bridgehead atoms. The zero-order valence-corrected chi connectivity index (χ0v) is 21.0. The molecule has 1 aromatic carbocycles. The Labute approximate surface area is 197 Å². The summed E-state index contributed by atoms with van der Waals surface area (Å²) < 4.78 is 5.76. The van der Waals surface area contributed by atoms with Gasteiger partial charge in [0.25, 0.3) is 0 Å². The van der Waals surface area contributed by atoms with E-state index in [1.807, 2.05) is 12.1 Å². The number of hydrogen-bond acceptors (Lipinski definition) is 2. The molecule has 1 aromatic rings. The van der Waals surface area contributed by atoms with Gasteiger partial charge in [0.1, 0.15) is 5.75 Å². The average molecular weight is 441 g/mol. The van der Waals surface area contributed by atoms with Gasteiger partial charge in [-0.25, -0.2) is 0 Å². The first kappa shape index (κ1) is 25.3. The zero-order valence-electron chi connectivity index (χ0n) is 21.0. The third kappa shape index (κ3) is 8.23. The Hall–Kier alpha value is -1.31. The van der Waals surface area contributed by atoms with Crippen LogP contribution in [-0.2, 0) is 4.79 Å². The predicted octanol–water partition coefficient (Wildman–Crippen LogP) is 9.22. The maximum Gasteiger partial charge on any atom is 0.314 e. The van der Waals surface area contributed by atoms with Crippen LogP contribution in [-0.4, -0.2) is 5.97 Å². The molecule has 3 rings (SSSR count). The van der Waals surface area contributed by atoms with Gasteiger partial charge >= 0.3 is 5.97 Å². The van der Waals surface area contributed by atoms with Crippen LogP contribution in [0.3, 0.4) is 0 Å². The highest BCUT2D eigenvalue weighted by Gasteiger charge is 2.27. The molecule has 0 amide bonds. The second-order valence-corrected chi connectivity index (χ2v) is 10.8. The first-order chi connectivity index (χ1) is 15.7. The average Bonchev–Trinajstić information content (AvgIpc) is 2.84. The minimum absolute atomic E-state index is 0.00821. The Bertz CT molecular complexity index is 633. The third-order valence-electron chi connectivity index (χ3n) is 8.28. The minimum Gasteiger partial charge on any atom is -0.426 e. The maximum absolute atomic E-state index is 12.6. The highest BCUT2D eigenvalue weighted by molar-refractivity contribution is 5.75. The van der Waals surface area contributed by atoms with Crippen molar-refractivity contribution < 1.29 is 9.53 Å². The molecule has 2 nitrogen and oxygen atoms in total. The van der Waals surface area contributed by atoms with E-state index >= 15 is 0 Å². The van der Waals surface area contributed by atoms with Gasteiger partial charge in [-0.2, -0.15) is 0 Å². The number of carbonyl (C=O) groups is 1. The molecule has 0 aliphatic heterocycles. The lowest BCUT2D eigenvalue weighted by molar-refractivity contribution is -0.140. The number of hydrogen-bond donors (Lipinski definition) is 0. The molecule has 0 unspecified atom stereocenters. The molecule has 0 heterocycles. The number of ether oxygens (including phenoxy) is 1. The number of carbonyl (C=O) groups excluding carboxylic acids is 1. The molecule has 2 aliphatic rings. The summed E-state index contributed by atoms with van der Waals surface area (Å²) in [6.07, 6.45) is 22.2. The van der Waals surface area contributed by atoms with Crippen LogP contribution in [0, 0.1) is 17.8 Å². The third-order valence-corrected chi connectivity index (χ3v) is 8.28. The Morgan fingerprint density at radius 1 is 0.719 bits per heavy atom. The van der Waals surface area contributed by atoms with Gasteiger partial charge in [0, 0.05) is 0 Å². The summed E-state index contributed by atoms with van der Waals surface area (Å²) in [5, 5.41) is 0. The van der Waals surface area contributed by atoms with Gasteiger partial charge < -0.3 is 4.74 Å². The highest BCUT2D eigenvalue weighted by atomic mass is 16.5. The van der Waals surface area contributed by atoms with Gasteiger partial charge in [0.05, 0.1) is 5.92 Å². The van der Waals surface area contributed by atoms with Crippen LogP contribution in [0.5, 0.6) is 5.75 Å². The van der Waals surface area contributed by atoms with Crippen LogP contribution < -0.4 is 4.74 Å². The fourth-order valence-electron chi connectivity index (χ4n) is 6.01. The molecule has 0 atom stereocenters. The molecule has 2 aliphatic carbocycles. The van der Waals surface area contributed by atoms with Gasteiger partial charge in [0.15, 0.2) is 0 Å². The van der Waals surface area contributed by atoms with Crippen molar-refractivity contribution in [3.05, 3.63) is 29.8 Å². The van der Waals surface area contributed by atoms with Crippen molar-refractivity contribution in [1.82, 2.24) is 0 Å². The smallest absolute Gasteiger partial charge is 0.314 e. The monoisotopic (exact) mass is 440 g/mol. The van der Waals surface area contributed by atoms with Crippen LogP contribution in [0.25, 0.3) is 0 Å². The van der Waals surface area contributed by atoms with E-state index in [-0.39, 0.29) is 11.9 Å². The molecule has 2 saturated carbocycles. The molecule has 0 spiro atoms. The molecule has 0 aromatic heterocycles. The number of esters is 1. The molecule has 0 N–H and O–H groups in total. The number of rotatable bonds is 12. The summed E-state index contributed by atoms with van der Waals surface area (Å²) in [5.74, 6) is 3.29. The Balaban J connectivity index is 1.36. The summed E-state index contributed by atoms with van der Waals surface area (Å²) >= 11 is 0. The lowest BCUT2D eigenvalue weighted by atomic mass is 9.77. The molecule has 0 radical (unpaired) electrons. The van der Waals surface area contributed by atoms with E-state index in [0.29, 0.717) is 5.92 Å². The van der Waals surface area contributed by atoms with E-state index in [0.717, 1.165) is 30.4 Å². The van der Waals surface area contributed by atoms with Gasteiger partial charge in [-0.05, 0) is 86.8 Å². The molecular formula is C30H48O2. The number of unbranched alkanes of at least 4 members (excludes halogenated alkanes) is 5. The summed E-state index contributed by atoms with van der Waals surface area (Å²) in [4.78, 5) is 12.6. The van der Waals surface area contributed by atoms with Gasteiger partial charge in [-0.1, -0.05) is 83.8 Å². The Morgan fingerprint density at radius 2 is 1.28 bits per heavy atom. The minimum atomic E-state index is -0.00821. The fourth-order valence-corrected chi connectivity index (χ4v) is 6.01. The summed E-state index contributed by atoms with van der Waals surface area (Å²) in [6, 6.07) is 8.47. The molecule has 2 fully saturated rings. The van der Waals surface area contributed by atoms with E-state index in [9.17, 15) is 4.79 Å². The Kier molecular flexibility index (Phi) is 11.1. The maximum atomic E-state index is 12.6. The van der Waals surface area contributed by atoms with Crippen LogP contribution in [0.1, 0.15) is 134 Å². The van der Waals surface area contributed by atoms with Crippen molar-refractivity contribution in [3.8, 4) is 5.75 Å². The standard InChI is InChI=1S/C30H48O2/c1-3-5-7-8-9-11-25-12-16-26(17-13-25)27-20-22-29(23-21-27)32-30(31)28-18-14-24(15-19-28)10-6-4-2/h20-26,28H,3-19H2,1-2H3. The van der Waals surface area contributed by atoms with E-state index in [1.54, 1.807) is 0 Å². The van der Waals surface area contributed by atoms with E-state index < -0.39 is 0 Å². The topological polar surface area (TPSA) is 26.3 Å². The summed E-state index contributed by atoms with van der Waals surface area (Å²) in [5.41, 5.74) is 1.43. The SMILES string of the molecule is CCCCCCCC1CCC(c2ccc(OC(=O)C3CCC(CCCC)CC3)cc2)CC1. The van der Waals surface area contributed by atoms with Crippen LogP contribution in [0.15, 0.2) is 24.3 Å². The highest BCUT2D eigenvalue weighted by Crippen LogP contribution is 2.38. The van der Waals surface area contributed by atoms with Crippen LogP contribution >= 0.6 is 0 Å². The zero-order chi connectivity index (χ0) is 22.6. The molecular weight excluding hydrogens is 392 g/mol. The van der Waals surface area contributed by atoms with Gasteiger partial charge in [-0.15, -0.1) is 0 Å². The second kappa shape index (κ2) is 14.1. The summed E-state index contributed by atoms with van der Waals surface area (Å²) in [7, 11) is 0.